The zero-order chi connectivity index (χ0) is 13.9. The number of nitrogens with zero attached hydrogens (tertiary/aromatic N) is 3. The highest BCUT2D eigenvalue weighted by Crippen LogP contribution is 2.25. The molecule has 0 saturated carbocycles. The monoisotopic (exact) mass is 266 g/mol. The molecule has 3 rings (SSSR count). The average molecular weight is 266 g/mol. The Morgan fingerprint density at radius 2 is 2.05 bits per heavy atom. The molecule has 0 bridgehead atoms. The molecule has 0 spiro atoms. The van der Waals surface area contributed by atoms with Crippen molar-refractivity contribution in [2.24, 2.45) is 7.05 Å². The van der Waals surface area contributed by atoms with Gasteiger partial charge in [0.2, 0.25) is 0 Å². The van der Waals surface area contributed by atoms with E-state index in [0.717, 1.165) is 17.6 Å². The maximum absolute atomic E-state index is 4.69. The third-order valence-corrected chi connectivity index (χ3v) is 3.63. The molecule has 0 aliphatic rings. The average Bonchev–Trinajstić information content (AvgIpc) is 2.84. The molecule has 1 N–H and O–H groups in total. The van der Waals surface area contributed by atoms with Crippen LogP contribution in [0.4, 0.5) is 0 Å². The first-order valence-corrected chi connectivity index (χ1v) is 6.77. The zero-order valence-electron chi connectivity index (χ0n) is 11.7. The molecule has 102 valence electrons. The molecular formula is C16H18N4. The van der Waals surface area contributed by atoms with Crippen LogP contribution in [0.5, 0.6) is 0 Å². The summed E-state index contributed by atoms with van der Waals surface area (Å²) in [6, 6.07) is 12.6. The highest BCUT2D eigenvalue weighted by atomic mass is 15.3. The molecule has 0 aliphatic carbocycles. The molecule has 4 heteroatoms. The molecule has 0 fully saturated rings. The fourth-order valence-electron chi connectivity index (χ4n) is 2.59. The van der Waals surface area contributed by atoms with Gasteiger partial charge in [-0.25, -0.2) is 0 Å². The Bertz CT molecular complexity index is 703. The van der Waals surface area contributed by atoms with Gasteiger partial charge in [0.25, 0.3) is 0 Å². The van der Waals surface area contributed by atoms with E-state index in [0.29, 0.717) is 0 Å². The molecule has 1 atom stereocenters. The van der Waals surface area contributed by atoms with Crippen molar-refractivity contribution in [2.75, 3.05) is 7.05 Å². The largest absolute Gasteiger partial charge is 0.311 e. The second kappa shape index (κ2) is 5.43. The van der Waals surface area contributed by atoms with Crippen LogP contribution in [0.1, 0.15) is 17.3 Å². The van der Waals surface area contributed by atoms with Gasteiger partial charge in [-0.05, 0) is 31.2 Å². The minimum Gasteiger partial charge on any atom is -0.311 e. The quantitative estimate of drug-likeness (QED) is 0.789. The van der Waals surface area contributed by atoms with Crippen molar-refractivity contribution in [1.29, 1.82) is 0 Å². The second-order valence-electron chi connectivity index (χ2n) is 4.93. The smallest absolute Gasteiger partial charge is 0.0875 e. The van der Waals surface area contributed by atoms with Crippen molar-refractivity contribution < 1.29 is 0 Å². The van der Waals surface area contributed by atoms with Crippen LogP contribution in [0.2, 0.25) is 0 Å². The van der Waals surface area contributed by atoms with Gasteiger partial charge >= 0.3 is 0 Å². The van der Waals surface area contributed by atoms with Gasteiger partial charge in [-0.3, -0.25) is 9.67 Å². The van der Waals surface area contributed by atoms with Crippen molar-refractivity contribution in [3.8, 4) is 0 Å². The van der Waals surface area contributed by atoms with Gasteiger partial charge in [-0.2, -0.15) is 5.10 Å². The standard InChI is InChI=1S/C16H18N4/c1-17-14(10-12-6-5-9-18-11-12)16-13-7-3-4-8-15(13)20(2)19-16/h3-9,11,14,17H,10H2,1-2H3. The van der Waals surface area contributed by atoms with Crippen LogP contribution < -0.4 is 5.32 Å². The molecule has 1 unspecified atom stereocenters. The minimum absolute atomic E-state index is 0.185. The summed E-state index contributed by atoms with van der Waals surface area (Å²) < 4.78 is 1.94. The normalized spacial score (nSPS) is 12.7. The molecule has 0 radical (unpaired) electrons. The highest BCUT2D eigenvalue weighted by molar-refractivity contribution is 5.82. The Hall–Kier alpha value is -2.20. The van der Waals surface area contributed by atoms with Gasteiger partial charge in [0.05, 0.1) is 17.3 Å². The predicted molar refractivity (Wildman–Crippen MR) is 80.5 cm³/mol. The Morgan fingerprint density at radius 3 is 2.80 bits per heavy atom. The van der Waals surface area contributed by atoms with Crippen LogP contribution in [0, 0.1) is 0 Å². The van der Waals surface area contributed by atoms with Crippen LogP contribution in [0.25, 0.3) is 10.9 Å². The number of nitrogens with one attached hydrogen (secondary N) is 1. The lowest BCUT2D eigenvalue weighted by molar-refractivity contribution is 0.566. The zero-order valence-corrected chi connectivity index (χ0v) is 11.7. The van der Waals surface area contributed by atoms with Gasteiger partial charge in [-0.1, -0.05) is 24.3 Å². The molecule has 0 amide bonds. The second-order valence-corrected chi connectivity index (χ2v) is 4.93. The van der Waals surface area contributed by atoms with Crippen molar-refractivity contribution in [3.63, 3.8) is 0 Å². The van der Waals surface area contributed by atoms with E-state index in [1.807, 2.05) is 37.1 Å². The Balaban J connectivity index is 1.99. The molecular weight excluding hydrogens is 248 g/mol. The predicted octanol–water partition coefficient (Wildman–Crippen LogP) is 2.47. The molecule has 1 aromatic carbocycles. The van der Waals surface area contributed by atoms with E-state index in [9.17, 15) is 0 Å². The van der Waals surface area contributed by atoms with Crippen molar-refractivity contribution in [1.82, 2.24) is 20.1 Å². The summed E-state index contributed by atoms with van der Waals surface area (Å²) in [6.45, 7) is 0. The van der Waals surface area contributed by atoms with Crippen molar-refractivity contribution in [2.45, 2.75) is 12.5 Å². The Kier molecular flexibility index (Phi) is 3.48. The van der Waals surface area contributed by atoms with E-state index in [1.54, 1.807) is 6.20 Å². The van der Waals surface area contributed by atoms with Crippen LogP contribution in [-0.2, 0) is 13.5 Å². The lowest BCUT2D eigenvalue weighted by Gasteiger charge is -2.14. The Labute approximate surface area is 118 Å². The molecule has 4 nitrogen and oxygen atoms in total. The number of benzene rings is 1. The SMILES string of the molecule is CNC(Cc1cccnc1)c1nn(C)c2ccccc12. The molecule has 2 heterocycles. The van der Waals surface area contributed by atoms with Crippen LogP contribution in [0.15, 0.2) is 48.8 Å². The van der Waals surface area contributed by atoms with Crippen LogP contribution >= 0.6 is 0 Å². The van der Waals surface area contributed by atoms with Gasteiger partial charge in [0.1, 0.15) is 0 Å². The van der Waals surface area contributed by atoms with E-state index < -0.39 is 0 Å². The topological polar surface area (TPSA) is 42.7 Å². The Morgan fingerprint density at radius 1 is 1.20 bits per heavy atom. The summed E-state index contributed by atoms with van der Waals surface area (Å²) in [4.78, 5) is 4.18. The maximum Gasteiger partial charge on any atom is 0.0875 e. The lowest BCUT2D eigenvalue weighted by atomic mass is 10.0. The van der Waals surface area contributed by atoms with E-state index in [2.05, 4.69) is 34.6 Å². The number of pyridine rings is 1. The van der Waals surface area contributed by atoms with Crippen LogP contribution in [0.3, 0.4) is 0 Å². The van der Waals surface area contributed by atoms with Gasteiger partial charge in [0.15, 0.2) is 0 Å². The number of hydrogen-bond donors (Lipinski definition) is 1. The minimum atomic E-state index is 0.185. The fourth-order valence-corrected chi connectivity index (χ4v) is 2.59. The number of likely N-dealkylation sites (N-methyl/N-ethyl adjacent to an activating group) is 1. The van der Waals surface area contributed by atoms with E-state index in [-0.39, 0.29) is 6.04 Å². The first-order valence-electron chi connectivity index (χ1n) is 6.77. The first-order chi connectivity index (χ1) is 9.79. The van der Waals surface area contributed by atoms with E-state index >= 15 is 0 Å². The third-order valence-electron chi connectivity index (χ3n) is 3.63. The molecule has 0 aliphatic heterocycles. The summed E-state index contributed by atoms with van der Waals surface area (Å²) >= 11 is 0. The van der Waals surface area contributed by atoms with Crippen LogP contribution in [-0.4, -0.2) is 21.8 Å². The first kappa shape index (κ1) is 12.8. The lowest BCUT2D eigenvalue weighted by Crippen LogP contribution is -2.20. The number of aromatic nitrogens is 3. The van der Waals surface area contributed by atoms with E-state index in [1.165, 1.54) is 10.9 Å². The summed E-state index contributed by atoms with van der Waals surface area (Å²) in [6.07, 6.45) is 4.59. The number of para-hydroxylation sites is 1. The molecule has 20 heavy (non-hydrogen) atoms. The number of aryl methyl sites for hydroxylation is 1. The van der Waals surface area contributed by atoms with Gasteiger partial charge in [-0.15, -0.1) is 0 Å². The summed E-state index contributed by atoms with van der Waals surface area (Å²) in [5, 5.41) is 9.27. The molecule has 3 aromatic rings. The van der Waals surface area contributed by atoms with Crippen molar-refractivity contribution >= 4 is 10.9 Å². The summed E-state index contributed by atoms with van der Waals surface area (Å²) in [7, 11) is 3.97. The molecule has 2 aromatic heterocycles. The summed E-state index contributed by atoms with van der Waals surface area (Å²) in [5.74, 6) is 0. The van der Waals surface area contributed by atoms with E-state index in [4.69, 9.17) is 5.10 Å². The highest BCUT2D eigenvalue weighted by Gasteiger charge is 2.17. The number of fused-ring (bicyclic) bond motifs is 1. The molecule has 0 saturated heterocycles. The third kappa shape index (κ3) is 2.30. The van der Waals surface area contributed by atoms with Gasteiger partial charge in [0, 0.05) is 24.8 Å². The fraction of sp³-hybridized carbons (Fsp3) is 0.250. The number of hydrogen-bond acceptors (Lipinski definition) is 3. The van der Waals surface area contributed by atoms with Gasteiger partial charge < -0.3 is 5.32 Å². The summed E-state index contributed by atoms with van der Waals surface area (Å²) in [5.41, 5.74) is 3.46. The van der Waals surface area contributed by atoms with Crippen molar-refractivity contribution in [3.05, 3.63) is 60.0 Å². The number of rotatable bonds is 4. The maximum atomic E-state index is 4.69.